The number of nitriles is 1. The lowest BCUT2D eigenvalue weighted by Gasteiger charge is -2.23. The smallest absolute Gasteiger partial charge is 0.272 e. The van der Waals surface area contributed by atoms with Crippen molar-refractivity contribution in [1.29, 1.82) is 5.26 Å². The molecule has 2 rings (SSSR count). The number of anilines is 1. The second-order valence-corrected chi connectivity index (χ2v) is 5.56. The lowest BCUT2D eigenvalue weighted by molar-refractivity contribution is 0.830. The topological polar surface area (TPSA) is 86.2 Å². The van der Waals surface area contributed by atoms with Crippen LogP contribution in [0.3, 0.4) is 0 Å². The van der Waals surface area contributed by atoms with E-state index in [2.05, 4.69) is 46.8 Å². The lowest BCUT2D eigenvalue weighted by atomic mass is 9.41. The summed E-state index contributed by atoms with van der Waals surface area (Å²) in [5, 5.41) is 12.3. The molecule has 0 aromatic heterocycles. The van der Waals surface area contributed by atoms with E-state index in [0.717, 1.165) is 24.0 Å². The molecule has 1 aliphatic rings. The first-order chi connectivity index (χ1) is 10.7. The molecule has 1 aromatic carbocycles. The third kappa shape index (κ3) is 3.76. The fraction of sp³-hybridized carbons (Fsp3) is 0.375. The predicted molar refractivity (Wildman–Crippen MR) is 94.5 cm³/mol. The van der Waals surface area contributed by atoms with Crippen LogP contribution < -0.4 is 16.6 Å². The van der Waals surface area contributed by atoms with E-state index in [-0.39, 0.29) is 6.71 Å². The second-order valence-electron chi connectivity index (χ2n) is 5.56. The summed E-state index contributed by atoms with van der Waals surface area (Å²) in [6, 6.07) is 6.23. The van der Waals surface area contributed by atoms with Crippen LogP contribution in [0, 0.1) is 17.1 Å². The molecule has 5 nitrogen and oxygen atoms in total. The maximum absolute atomic E-state index is 9.07. The Labute approximate surface area is 132 Å². The van der Waals surface area contributed by atoms with Crippen molar-refractivity contribution >= 4 is 29.9 Å². The highest BCUT2D eigenvalue weighted by molar-refractivity contribution is 6.68. The first-order valence-electron chi connectivity index (χ1n) is 7.57. The minimum Gasteiger partial charge on any atom is -0.386 e. The standard InChI is InChI=1S/C16H22BN5/c1-12-10-17(11-18)6-5-14(12)13-3-4-15(16(9-13)20-2)21-7-8-22-19/h3-5,7,9,12,20,22H,6,8,10,19H2,1-2H3/b21-7-. The van der Waals surface area contributed by atoms with E-state index in [0.29, 0.717) is 12.5 Å². The molecule has 114 valence electrons. The number of aliphatic imine (C=N–C) groups is 1. The molecule has 0 aliphatic carbocycles. The van der Waals surface area contributed by atoms with Crippen LogP contribution in [-0.4, -0.2) is 26.5 Å². The number of hydrogen-bond donors (Lipinski definition) is 3. The molecular weight excluding hydrogens is 273 g/mol. The summed E-state index contributed by atoms with van der Waals surface area (Å²) >= 11 is 0. The Kier molecular flexibility index (Phi) is 5.76. The Morgan fingerprint density at radius 1 is 1.55 bits per heavy atom. The molecule has 22 heavy (non-hydrogen) atoms. The minimum absolute atomic E-state index is 0.148. The zero-order valence-electron chi connectivity index (χ0n) is 13.1. The van der Waals surface area contributed by atoms with Crippen molar-refractivity contribution < 1.29 is 0 Å². The first kappa shape index (κ1) is 16.3. The third-order valence-electron chi connectivity index (χ3n) is 4.01. The molecule has 1 atom stereocenters. The number of hydrogen-bond acceptors (Lipinski definition) is 5. The molecule has 0 amide bonds. The van der Waals surface area contributed by atoms with Gasteiger partial charge in [-0.2, -0.15) is 0 Å². The van der Waals surface area contributed by atoms with Gasteiger partial charge in [-0.05, 0) is 35.5 Å². The Balaban J connectivity index is 2.26. The van der Waals surface area contributed by atoms with E-state index in [1.165, 1.54) is 11.1 Å². The highest BCUT2D eigenvalue weighted by Gasteiger charge is 2.25. The second kappa shape index (κ2) is 7.78. The van der Waals surface area contributed by atoms with Crippen molar-refractivity contribution in [3.63, 3.8) is 0 Å². The zero-order chi connectivity index (χ0) is 15.9. The molecule has 0 bridgehead atoms. The van der Waals surface area contributed by atoms with Crippen molar-refractivity contribution in [3.8, 4) is 5.97 Å². The maximum Gasteiger partial charge on any atom is 0.272 e. The van der Waals surface area contributed by atoms with Crippen molar-refractivity contribution in [2.75, 3.05) is 18.9 Å². The quantitative estimate of drug-likeness (QED) is 0.337. The monoisotopic (exact) mass is 295 g/mol. The fourth-order valence-electron chi connectivity index (χ4n) is 2.85. The van der Waals surface area contributed by atoms with Crippen LogP contribution in [0.15, 0.2) is 29.3 Å². The SMILES string of the molecule is CNc1cc(C2=CCB(C#N)CC2C)ccc1/N=C\CNN. The lowest BCUT2D eigenvalue weighted by Crippen LogP contribution is -2.23. The van der Waals surface area contributed by atoms with Crippen LogP contribution >= 0.6 is 0 Å². The number of hydrazine groups is 1. The summed E-state index contributed by atoms with van der Waals surface area (Å²) < 4.78 is 0. The van der Waals surface area contributed by atoms with Crippen LogP contribution in [0.25, 0.3) is 5.57 Å². The van der Waals surface area contributed by atoms with Crippen LogP contribution in [-0.2, 0) is 0 Å². The summed E-state index contributed by atoms with van der Waals surface area (Å²) in [4.78, 5) is 4.40. The Bertz CT molecular complexity index is 617. The molecule has 1 aromatic rings. The van der Waals surface area contributed by atoms with Crippen LogP contribution in [0.1, 0.15) is 12.5 Å². The van der Waals surface area contributed by atoms with Gasteiger partial charge in [0.2, 0.25) is 0 Å². The Morgan fingerprint density at radius 3 is 3.00 bits per heavy atom. The van der Waals surface area contributed by atoms with Gasteiger partial charge in [0.25, 0.3) is 6.71 Å². The Morgan fingerprint density at radius 2 is 2.36 bits per heavy atom. The van der Waals surface area contributed by atoms with E-state index in [1.807, 2.05) is 13.1 Å². The van der Waals surface area contributed by atoms with E-state index in [9.17, 15) is 0 Å². The van der Waals surface area contributed by atoms with Crippen LogP contribution in [0.5, 0.6) is 0 Å². The third-order valence-corrected chi connectivity index (χ3v) is 4.01. The highest BCUT2D eigenvalue weighted by Crippen LogP contribution is 2.36. The number of nitrogens with zero attached hydrogens (tertiary/aromatic N) is 2. The highest BCUT2D eigenvalue weighted by atomic mass is 15.2. The fourth-order valence-corrected chi connectivity index (χ4v) is 2.85. The minimum atomic E-state index is 0.148. The molecule has 4 N–H and O–H groups in total. The van der Waals surface area contributed by atoms with E-state index >= 15 is 0 Å². The summed E-state index contributed by atoms with van der Waals surface area (Å²) in [7, 11) is 1.89. The zero-order valence-corrected chi connectivity index (χ0v) is 13.1. The number of nitrogens with one attached hydrogen (secondary N) is 2. The average Bonchev–Trinajstić information content (AvgIpc) is 2.55. The van der Waals surface area contributed by atoms with E-state index in [1.54, 1.807) is 6.21 Å². The molecule has 1 aliphatic heterocycles. The molecule has 1 heterocycles. The van der Waals surface area contributed by atoms with Gasteiger partial charge in [-0.25, -0.2) is 5.26 Å². The number of nitrogens with two attached hydrogens (primary N) is 1. The number of allylic oxidation sites excluding steroid dienone is 2. The molecule has 0 saturated carbocycles. The van der Waals surface area contributed by atoms with Gasteiger partial charge < -0.3 is 5.32 Å². The Hall–Kier alpha value is -2.10. The first-order valence-corrected chi connectivity index (χ1v) is 7.57. The van der Waals surface area contributed by atoms with Crippen molar-refractivity contribution in [2.24, 2.45) is 16.8 Å². The van der Waals surface area contributed by atoms with Crippen molar-refractivity contribution in [1.82, 2.24) is 5.43 Å². The molecule has 0 radical (unpaired) electrons. The van der Waals surface area contributed by atoms with Crippen LogP contribution in [0.4, 0.5) is 11.4 Å². The molecular formula is C16H22BN5. The predicted octanol–water partition coefficient (Wildman–Crippen LogP) is 2.48. The van der Waals surface area contributed by atoms with Crippen molar-refractivity contribution in [3.05, 3.63) is 29.8 Å². The maximum atomic E-state index is 9.07. The van der Waals surface area contributed by atoms with E-state index < -0.39 is 0 Å². The van der Waals surface area contributed by atoms with Gasteiger partial charge in [0.05, 0.1) is 11.4 Å². The number of rotatable bonds is 5. The van der Waals surface area contributed by atoms with Gasteiger partial charge >= 0.3 is 0 Å². The van der Waals surface area contributed by atoms with Crippen LogP contribution in [0.2, 0.25) is 12.6 Å². The molecule has 0 spiro atoms. The average molecular weight is 295 g/mol. The largest absolute Gasteiger partial charge is 0.386 e. The normalized spacial score (nSPS) is 18.2. The van der Waals surface area contributed by atoms with Gasteiger partial charge in [-0.3, -0.25) is 16.3 Å². The molecule has 0 saturated heterocycles. The summed E-state index contributed by atoms with van der Waals surface area (Å²) in [5.74, 6) is 8.01. The number of benzene rings is 1. The summed E-state index contributed by atoms with van der Waals surface area (Å²) in [5.41, 5.74) is 6.95. The van der Waals surface area contributed by atoms with Crippen molar-refractivity contribution in [2.45, 2.75) is 19.6 Å². The molecule has 0 fully saturated rings. The van der Waals surface area contributed by atoms with Gasteiger partial charge in [-0.15, -0.1) is 0 Å². The molecule has 6 heteroatoms. The van der Waals surface area contributed by atoms with Gasteiger partial charge in [0.1, 0.15) is 0 Å². The summed E-state index contributed by atoms with van der Waals surface area (Å²) in [6.45, 7) is 2.87. The summed E-state index contributed by atoms with van der Waals surface area (Å²) in [6.07, 6.45) is 5.72. The molecule has 1 unspecified atom stereocenters. The van der Waals surface area contributed by atoms with Gasteiger partial charge in [-0.1, -0.05) is 25.4 Å². The van der Waals surface area contributed by atoms with E-state index in [4.69, 9.17) is 11.1 Å². The van der Waals surface area contributed by atoms with Gasteiger partial charge in [0, 0.05) is 25.8 Å². The van der Waals surface area contributed by atoms with Gasteiger partial charge in [0.15, 0.2) is 0 Å².